The molecule has 9 heteroatoms. The minimum atomic E-state index is -0.164. The van der Waals surface area contributed by atoms with Crippen LogP contribution in [0.25, 0.3) is 0 Å². The van der Waals surface area contributed by atoms with Crippen molar-refractivity contribution in [1.29, 1.82) is 0 Å². The molecule has 1 aromatic heterocycles. The van der Waals surface area contributed by atoms with Crippen LogP contribution in [0.1, 0.15) is 6.42 Å². The average molecular weight is 428 g/mol. The Morgan fingerprint density at radius 2 is 1.94 bits per heavy atom. The lowest BCUT2D eigenvalue weighted by Gasteiger charge is -2.29. The molecule has 1 aromatic carbocycles. The van der Waals surface area contributed by atoms with Gasteiger partial charge < -0.3 is 24.6 Å². The van der Waals surface area contributed by atoms with E-state index in [0.29, 0.717) is 19.7 Å². The van der Waals surface area contributed by atoms with E-state index in [1.54, 1.807) is 19.4 Å². The number of anilines is 3. The standard InChI is InChI=1S/C22H29N5O4/c1-30-11-10-27-21(28)14-20(15-23-27)26-7-6-17(16-26)22(29)24-18-2-4-19(5-3-18)25-8-12-31-13-9-25/h2-5,14-15,17H,6-13,16H2,1H3,(H,24,29). The first-order valence-corrected chi connectivity index (χ1v) is 10.7. The molecular formula is C22H29N5O4. The van der Waals surface area contributed by atoms with Gasteiger partial charge in [-0.25, -0.2) is 4.68 Å². The molecule has 4 rings (SSSR count). The summed E-state index contributed by atoms with van der Waals surface area (Å²) in [4.78, 5) is 29.3. The van der Waals surface area contributed by atoms with Gasteiger partial charge in [-0.15, -0.1) is 0 Å². The molecule has 9 nitrogen and oxygen atoms in total. The molecule has 0 bridgehead atoms. The van der Waals surface area contributed by atoms with Crippen LogP contribution in [-0.4, -0.2) is 68.8 Å². The highest BCUT2D eigenvalue weighted by molar-refractivity contribution is 5.93. The molecule has 1 amide bonds. The van der Waals surface area contributed by atoms with Crippen LogP contribution in [0.15, 0.2) is 41.3 Å². The molecule has 0 aliphatic carbocycles. The number of ether oxygens (including phenoxy) is 2. The van der Waals surface area contributed by atoms with E-state index in [1.807, 2.05) is 29.2 Å². The number of methoxy groups -OCH3 is 1. The molecule has 166 valence electrons. The predicted molar refractivity (Wildman–Crippen MR) is 119 cm³/mol. The van der Waals surface area contributed by atoms with Crippen molar-refractivity contribution in [2.24, 2.45) is 5.92 Å². The minimum absolute atomic E-state index is 0.00279. The molecule has 2 aliphatic rings. The third-order valence-electron chi connectivity index (χ3n) is 5.80. The van der Waals surface area contributed by atoms with Crippen molar-refractivity contribution in [3.63, 3.8) is 0 Å². The van der Waals surface area contributed by atoms with Crippen LogP contribution in [0.3, 0.4) is 0 Å². The first kappa shape index (κ1) is 21.3. The van der Waals surface area contributed by atoms with Crippen molar-refractivity contribution in [3.8, 4) is 0 Å². The highest BCUT2D eigenvalue weighted by Gasteiger charge is 2.29. The maximum atomic E-state index is 12.8. The summed E-state index contributed by atoms with van der Waals surface area (Å²) in [6, 6.07) is 9.53. The van der Waals surface area contributed by atoms with Crippen LogP contribution in [0.4, 0.5) is 17.1 Å². The number of carbonyl (C=O) groups is 1. The summed E-state index contributed by atoms with van der Waals surface area (Å²) in [5, 5.41) is 7.24. The predicted octanol–water partition coefficient (Wildman–Crippen LogP) is 1.19. The van der Waals surface area contributed by atoms with Gasteiger partial charge in [-0.1, -0.05) is 0 Å². The van der Waals surface area contributed by atoms with E-state index >= 15 is 0 Å². The molecule has 1 unspecified atom stereocenters. The lowest BCUT2D eigenvalue weighted by Crippen LogP contribution is -2.36. The zero-order chi connectivity index (χ0) is 21.6. The molecule has 0 spiro atoms. The Morgan fingerprint density at radius 3 is 2.65 bits per heavy atom. The second-order valence-electron chi connectivity index (χ2n) is 7.84. The highest BCUT2D eigenvalue weighted by atomic mass is 16.5. The van der Waals surface area contributed by atoms with Gasteiger partial charge in [0.1, 0.15) is 0 Å². The first-order valence-electron chi connectivity index (χ1n) is 10.7. The number of morpholine rings is 1. The molecule has 0 saturated carbocycles. The third-order valence-corrected chi connectivity index (χ3v) is 5.80. The van der Waals surface area contributed by atoms with Crippen molar-refractivity contribution in [2.45, 2.75) is 13.0 Å². The van der Waals surface area contributed by atoms with Crippen LogP contribution in [-0.2, 0) is 20.8 Å². The fraction of sp³-hybridized carbons (Fsp3) is 0.500. The normalized spacial score (nSPS) is 18.9. The first-order chi connectivity index (χ1) is 15.1. The number of amides is 1. The van der Waals surface area contributed by atoms with Gasteiger partial charge >= 0.3 is 0 Å². The Morgan fingerprint density at radius 1 is 1.16 bits per heavy atom. The topological polar surface area (TPSA) is 88.9 Å². The van der Waals surface area contributed by atoms with Crippen LogP contribution in [0, 0.1) is 5.92 Å². The van der Waals surface area contributed by atoms with Gasteiger partial charge in [-0.2, -0.15) is 5.10 Å². The summed E-state index contributed by atoms with van der Waals surface area (Å²) >= 11 is 0. The summed E-state index contributed by atoms with van der Waals surface area (Å²) in [5.74, 6) is -0.127. The van der Waals surface area contributed by atoms with Gasteiger partial charge in [0.05, 0.1) is 44.2 Å². The number of aromatic nitrogens is 2. The van der Waals surface area contributed by atoms with Crippen LogP contribution in [0.5, 0.6) is 0 Å². The van der Waals surface area contributed by atoms with E-state index in [0.717, 1.165) is 56.3 Å². The van der Waals surface area contributed by atoms with Crippen molar-refractivity contribution >= 4 is 23.0 Å². The highest BCUT2D eigenvalue weighted by Crippen LogP contribution is 2.24. The molecule has 1 N–H and O–H groups in total. The molecule has 2 aromatic rings. The summed E-state index contributed by atoms with van der Waals surface area (Å²) < 4.78 is 11.8. The van der Waals surface area contributed by atoms with Crippen molar-refractivity contribution < 1.29 is 14.3 Å². The fourth-order valence-corrected chi connectivity index (χ4v) is 3.97. The molecule has 31 heavy (non-hydrogen) atoms. The number of hydrogen-bond donors (Lipinski definition) is 1. The SMILES string of the molecule is COCCn1ncc(N2CCC(C(=O)Nc3ccc(N4CCOCC4)cc3)C2)cc1=O. The summed E-state index contributed by atoms with van der Waals surface area (Å²) in [5.41, 5.74) is 2.52. The largest absolute Gasteiger partial charge is 0.383 e. The Hall–Kier alpha value is -2.91. The van der Waals surface area contributed by atoms with E-state index in [2.05, 4.69) is 15.3 Å². The number of nitrogens with one attached hydrogen (secondary N) is 1. The van der Waals surface area contributed by atoms with Gasteiger partial charge in [-0.05, 0) is 30.7 Å². The summed E-state index contributed by atoms with van der Waals surface area (Å²) in [7, 11) is 1.59. The van der Waals surface area contributed by atoms with Gasteiger partial charge in [-0.3, -0.25) is 9.59 Å². The number of nitrogens with zero attached hydrogens (tertiary/aromatic N) is 4. The lowest BCUT2D eigenvalue weighted by molar-refractivity contribution is -0.119. The molecule has 2 aliphatic heterocycles. The number of carbonyl (C=O) groups excluding carboxylic acids is 1. The van der Waals surface area contributed by atoms with Crippen molar-refractivity contribution in [3.05, 3.63) is 46.9 Å². The third kappa shape index (κ3) is 5.23. The van der Waals surface area contributed by atoms with Crippen LogP contribution < -0.4 is 20.7 Å². The Balaban J connectivity index is 1.32. The second-order valence-corrected chi connectivity index (χ2v) is 7.84. The smallest absolute Gasteiger partial charge is 0.268 e. The average Bonchev–Trinajstić information content (AvgIpc) is 3.30. The Bertz CT molecular complexity index is 940. The van der Waals surface area contributed by atoms with E-state index < -0.39 is 0 Å². The van der Waals surface area contributed by atoms with E-state index in [-0.39, 0.29) is 17.4 Å². The molecule has 3 heterocycles. The monoisotopic (exact) mass is 427 g/mol. The van der Waals surface area contributed by atoms with E-state index in [4.69, 9.17) is 9.47 Å². The molecule has 0 radical (unpaired) electrons. The van der Waals surface area contributed by atoms with E-state index in [9.17, 15) is 9.59 Å². The maximum Gasteiger partial charge on any atom is 0.268 e. The fourth-order valence-electron chi connectivity index (χ4n) is 3.97. The lowest BCUT2D eigenvalue weighted by atomic mass is 10.1. The quantitative estimate of drug-likeness (QED) is 0.710. The zero-order valence-electron chi connectivity index (χ0n) is 17.8. The molecular weight excluding hydrogens is 398 g/mol. The van der Waals surface area contributed by atoms with Crippen molar-refractivity contribution in [2.75, 3.05) is 68.2 Å². The van der Waals surface area contributed by atoms with Gasteiger partial charge in [0.25, 0.3) is 5.56 Å². The van der Waals surface area contributed by atoms with E-state index in [1.165, 1.54) is 4.68 Å². The summed E-state index contributed by atoms with van der Waals surface area (Å²) in [6.07, 6.45) is 2.42. The van der Waals surface area contributed by atoms with Crippen LogP contribution in [0.2, 0.25) is 0 Å². The molecule has 2 saturated heterocycles. The molecule has 1 atom stereocenters. The summed E-state index contributed by atoms with van der Waals surface area (Å²) in [6.45, 7) is 5.41. The van der Waals surface area contributed by atoms with Crippen molar-refractivity contribution in [1.82, 2.24) is 9.78 Å². The minimum Gasteiger partial charge on any atom is -0.383 e. The number of benzene rings is 1. The van der Waals surface area contributed by atoms with Gasteiger partial charge in [0.2, 0.25) is 5.91 Å². The zero-order valence-corrected chi connectivity index (χ0v) is 17.8. The Kier molecular flexibility index (Phi) is 6.83. The Labute approximate surface area is 181 Å². The molecule has 2 fully saturated rings. The van der Waals surface area contributed by atoms with Gasteiger partial charge in [0, 0.05) is 50.7 Å². The number of rotatable bonds is 7. The number of hydrogen-bond acceptors (Lipinski definition) is 7. The maximum absolute atomic E-state index is 12.8. The van der Waals surface area contributed by atoms with Crippen LogP contribution >= 0.6 is 0 Å². The van der Waals surface area contributed by atoms with Gasteiger partial charge in [0.15, 0.2) is 0 Å². The second kappa shape index (κ2) is 9.93.